The van der Waals surface area contributed by atoms with Crippen molar-refractivity contribution in [3.05, 3.63) is 35.4 Å². The molecule has 1 fully saturated rings. The molecule has 4 atom stereocenters. The molecule has 0 amide bonds. The lowest BCUT2D eigenvalue weighted by Crippen LogP contribution is -2.59. The minimum atomic E-state index is -1.25. The zero-order valence-electron chi connectivity index (χ0n) is 13.8. The largest absolute Gasteiger partial charge is 0.454 e. The standard InChI is InChI=1S/C18H21NO5/c1-19-9-18(20)17(4-3-12(21-2)6-16(17)19)13-7-15-14(22-10-23-15)5-11(13)8-24-18/h3-5,7,12,16,20H,6,8-10H2,1-2H3/t12-,16-,17-,18-/m1/s1. The number of fused-ring (bicyclic) bond motifs is 2. The van der Waals surface area contributed by atoms with Crippen LogP contribution < -0.4 is 9.47 Å². The molecule has 1 saturated heterocycles. The SMILES string of the molecule is CO[C@@H]1C=C[C@]23c4cc5c(cc4CO[C@]2(O)CN(C)[C@@H]3C1)OCO5. The Labute approximate surface area is 140 Å². The number of methoxy groups -OCH3 is 1. The molecule has 3 heterocycles. The smallest absolute Gasteiger partial charge is 0.231 e. The highest BCUT2D eigenvalue weighted by molar-refractivity contribution is 5.56. The molecular formula is C18H21NO5. The van der Waals surface area contributed by atoms with Crippen LogP contribution in [-0.4, -0.2) is 55.4 Å². The van der Waals surface area contributed by atoms with E-state index in [2.05, 4.69) is 11.0 Å². The summed E-state index contributed by atoms with van der Waals surface area (Å²) >= 11 is 0. The zero-order chi connectivity index (χ0) is 16.5. The van der Waals surface area contributed by atoms with E-state index in [-0.39, 0.29) is 18.9 Å². The first-order chi connectivity index (χ1) is 11.6. The molecule has 0 unspecified atom stereocenters. The zero-order valence-corrected chi connectivity index (χ0v) is 13.8. The first-order valence-electron chi connectivity index (χ1n) is 8.29. The van der Waals surface area contributed by atoms with Crippen molar-refractivity contribution in [3.63, 3.8) is 0 Å². The maximum Gasteiger partial charge on any atom is 0.231 e. The van der Waals surface area contributed by atoms with Crippen LogP contribution in [0.1, 0.15) is 17.5 Å². The number of hydrogen-bond acceptors (Lipinski definition) is 6. The van der Waals surface area contributed by atoms with Gasteiger partial charge in [0.05, 0.1) is 24.7 Å². The topological polar surface area (TPSA) is 60.4 Å². The molecule has 0 saturated carbocycles. The lowest BCUT2D eigenvalue weighted by atomic mass is 9.64. The number of aliphatic hydroxyl groups is 1. The summed E-state index contributed by atoms with van der Waals surface area (Å²) < 4.78 is 22.6. The summed E-state index contributed by atoms with van der Waals surface area (Å²) in [6, 6.07) is 4.10. The predicted octanol–water partition coefficient (Wildman–Crippen LogP) is 1.16. The Morgan fingerprint density at radius 3 is 2.88 bits per heavy atom. The molecule has 0 radical (unpaired) electrons. The molecule has 1 spiro atoms. The van der Waals surface area contributed by atoms with Crippen LogP contribution in [0.5, 0.6) is 11.5 Å². The molecule has 1 N–H and O–H groups in total. The monoisotopic (exact) mass is 331 g/mol. The van der Waals surface area contributed by atoms with E-state index < -0.39 is 11.2 Å². The van der Waals surface area contributed by atoms with Crippen molar-refractivity contribution >= 4 is 0 Å². The van der Waals surface area contributed by atoms with Crippen LogP contribution in [0, 0.1) is 0 Å². The summed E-state index contributed by atoms with van der Waals surface area (Å²) in [6.45, 7) is 1.07. The Kier molecular flexibility index (Phi) is 2.90. The summed E-state index contributed by atoms with van der Waals surface area (Å²) in [7, 11) is 3.75. The maximum absolute atomic E-state index is 11.4. The highest BCUT2D eigenvalue weighted by Crippen LogP contribution is 2.56. The van der Waals surface area contributed by atoms with E-state index in [0.29, 0.717) is 13.2 Å². The van der Waals surface area contributed by atoms with Gasteiger partial charge in [0.1, 0.15) is 0 Å². The molecule has 1 aliphatic carbocycles. The fourth-order valence-electron chi connectivity index (χ4n) is 4.86. The van der Waals surface area contributed by atoms with Crippen LogP contribution in [0.3, 0.4) is 0 Å². The average molecular weight is 331 g/mol. The van der Waals surface area contributed by atoms with Gasteiger partial charge in [-0.05, 0) is 36.7 Å². The van der Waals surface area contributed by atoms with Crippen molar-refractivity contribution in [2.75, 3.05) is 27.5 Å². The van der Waals surface area contributed by atoms with Crippen molar-refractivity contribution in [2.24, 2.45) is 0 Å². The van der Waals surface area contributed by atoms with Gasteiger partial charge in [0, 0.05) is 13.2 Å². The van der Waals surface area contributed by atoms with Crippen molar-refractivity contribution in [1.29, 1.82) is 0 Å². The number of benzene rings is 1. The molecule has 6 nitrogen and oxygen atoms in total. The third-order valence-corrected chi connectivity index (χ3v) is 6.01. The van der Waals surface area contributed by atoms with Gasteiger partial charge < -0.3 is 24.1 Å². The van der Waals surface area contributed by atoms with Crippen LogP contribution in [0.4, 0.5) is 0 Å². The third-order valence-electron chi connectivity index (χ3n) is 6.01. The molecule has 1 aromatic rings. The van der Waals surface area contributed by atoms with Gasteiger partial charge in [-0.1, -0.05) is 12.2 Å². The van der Waals surface area contributed by atoms with Gasteiger partial charge in [0.2, 0.25) is 6.79 Å². The maximum atomic E-state index is 11.4. The van der Waals surface area contributed by atoms with Crippen LogP contribution in [0.2, 0.25) is 0 Å². The molecule has 4 aliphatic rings. The number of nitrogens with zero attached hydrogens (tertiary/aromatic N) is 1. The van der Waals surface area contributed by atoms with Crippen molar-refractivity contribution in [1.82, 2.24) is 4.90 Å². The van der Waals surface area contributed by atoms with Gasteiger partial charge in [0.15, 0.2) is 17.3 Å². The van der Waals surface area contributed by atoms with E-state index in [4.69, 9.17) is 18.9 Å². The molecule has 1 aromatic carbocycles. The Balaban J connectivity index is 1.74. The van der Waals surface area contributed by atoms with E-state index in [1.165, 1.54) is 0 Å². The van der Waals surface area contributed by atoms with Crippen LogP contribution in [-0.2, 0) is 21.5 Å². The first-order valence-corrected chi connectivity index (χ1v) is 8.29. The Morgan fingerprint density at radius 2 is 2.08 bits per heavy atom. The lowest BCUT2D eigenvalue weighted by molar-refractivity contribution is -0.236. The number of hydrogen-bond donors (Lipinski definition) is 1. The van der Waals surface area contributed by atoms with E-state index in [9.17, 15) is 5.11 Å². The van der Waals surface area contributed by atoms with E-state index >= 15 is 0 Å². The summed E-state index contributed by atoms with van der Waals surface area (Å²) in [4.78, 5) is 2.18. The Morgan fingerprint density at radius 1 is 1.29 bits per heavy atom. The minimum Gasteiger partial charge on any atom is -0.454 e. The summed E-state index contributed by atoms with van der Waals surface area (Å²) in [5.74, 6) is 0.238. The minimum absolute atomic E-state index is 0.0461. The summed E-state index contributed by atoms with van der Waals surface area (Å²) in [5.41, 5.74) is 1.50. The van der Waals surface area contributed by atoms with Gasteiger partial charge in [-0.3, -0.25) is 4.90 Å². The molecule has 24 heavy (non-hydrogen) atoms. The highest BCUT2D eigenvalue weighted by Gasteiger charge is 2.66. The fraction of sp³-hybridized carbons (Fsp3) is 0.556. The second-order valence-electron chi connectivity index (χ2n) is 7.10. The quantitative estimate of drug-likeness (QED) is 0.780. The van der Waals surface area contributed by atoms with E-state index in [1.54, 1.807) is 7.11 Å². The Bertz CT molecular complexity index is 734. The van der Waals surface area contributed by atoms with Crippen molar-refractivity contribution in [3.8, 4) is 11.5 Å². The second kappa shape index (κ2) is 4.73. The second-order valence-corrected chi connectivity index (χ2v) is 7.10. The summed E-state index contributed by atoms with van der Waals surface area (Å²) in [6.07, 6.45) is 4.98. The van der Waals surface area contributed by atoms with E-state index in [0.717, 1.165) is 29.0 Å². The van der Waals surface area contributed by atoms with E-state index in [1.807, 2.05) is 25.3 Å². The van der Waals surface area contributed by atoms with Crippen LogP contribution >= 0.6 is 0 Å². The predicted molar refractivity (Wildman–Crippen MR) is 85.0 cm³/mol. The number of likely N-dealkylation sites (N-methyl/N-ethyl adjacent to an activating group) is 1. The number of ether oxygens (including phenoxy) is 4. The van der Waals surface area contributed by atoms with Gasteiger partial charge in [0.25, 0.3) is 0 Å². The normalized spacial score (nSPS) is 39.5. The fourth-order valence-corrected chi connectivity index (χ4v) is 4.86. The highest BCUT2D eigenvalue weighted by atomic mass is 16.7. The molecule has 0 bridgehead atoms. The molecule has 0 aromatic heterocycles. The summed E-state index contributed by atoms with van der Waals surface area (Å²) in [5, 5.41) is 11.4. The molecule has 6 heteroatoms. The van der Waals surface area contributed by atoms with Gasteiger partial charge in [-0.15, -0.1) is 0 Å². The van der Waals surface area contributed by atoms with Gasteiger partial charge in [-0.2, -0.15) is 0 Å². The molecular weight excluding hydrogens is 310 g/mol. The molecule has 3 aliphatic heterocycles. The van der Waals surface area contributed by atoms with Gasteiger partial charge >= 0.3 is 0 Å². The Hall–Kier alpha value is -1.60. The lowest BCUT2D eigenvalue weighted by Gasteiger charge is -2.49. The number of rotatable bonds is 1. The van der Waals surface area contributed by atoms with Crippen LogP contribution in [0.25, 0.3) is 0 Å². The third kappa shape index (κ3) is 1.64. The molecule has 5 rings (SSSR count). The van der Waals surface area contributed by atoms with Crippen molar-refractivity contribution < 1.29 is 24.1 Å². The van der Waals surface area contributed by atoms with Crippen LogP contribution in [0.15, 0.2) is 24.3 Å². The van der Waals surface area contributed by atoms with Gasteiger partial charge in [-0.25, -0.2) is 0 Å². The number of β-amino-alcohol motifs (C(OH)–C–C–N with tert-alkyl or cyclic N) is 1. The first kappa shape index (κ1) is 14.7. The molecule has 128 valence electrons. The van der Waals surface area contributed by atoms with Crippen molar-refractivity contribution in [2.45, 2.75) is 36.4 Å². The average Bonchev–Trinajstić information content (AvgIpc) is 3.13. The number of likely N-dealkylation sites (tertiary alicyclic amines) is 1.